The molecule has 2 aliphatic rings. The van der Waals surface area contributed by atoms with Gasteiger partial charge < -0.3 is 29.9 Å². The molecule has 2 aromatic rings. The minimum absolute atomic E-state index is 0.0741. The van der Waals surface area contributed by atoms with Crippen LogP contribution in [0.4, 0.5) is 0 Å². The summed E-state index contributed by atoms with van der Waals surface area (Å²) in [5.41, 5.74) is 3.65. The van der Waals surface area contributed by atoms with Gasteiger partial charge in [-0.1, -0.05) is 24.3 Å². The van der Waals surface area contributed by atoms with E-state index in [0.717, 1.165) is 22.3 Å². The molecular formula is C20H22O6. The van der Waals surface area contributed by atoms with E-state index in [1.807, 2.05) is 36.4 Å². The maximum Gasteiger partial charge on any atom is 0.131 e. The Balaban J connectivity index is 1.67. The van der Waals surface area contributed by atoms with E-state index in [-0.39, 0.29) is 38.3 Å². The number of hydrogen-bond donors (Lipinski definition) is 4. The van der Waals surface area contributed by atoms with Crippen molar-refractivity contribution in [2.45, 2.75) is 24.0 Å². The van der Waals surface area contributed by atoms with Crippen molar-refractivity contribution in [1.29, 1.82) is 0 Å². The molecule has 26 heavy (non-hydrogen) atoms. The topological polar surface area (TPSA) is 99.4 Å². The van der Waals surface area contributed by atoms with E-state index < -0.39 is 12.2 Å². The summed E-state index contributed by atoms with van der Waals surface area (Å²) in [5.74, 6) is 0.901. The zero-order valence-corrected chi connectivity index (χ0v) is 14.2. The smallest absolute Gasteiger partial charge is 0.131 e. The fraction of sp³-hybridized carbons (Fsp3) is 0.400. The Labute approximate surface area is 151 Å². The molecule has 4 atom stereocenters. The van der Waals surface area contributed by atoms with Gasteiger partial charge in [-0.05, 0) is 23.3 Å². The maximum absolute atomic E-state index is 9.55. The summed E-state index contributed by atoms with van der Waals surface area (Å²) >= 11 is 0. The van der Waals surface area contributed by atoms with Crippen LogP contribution in [0.1, 0.15) is 23.0 Å². The maximum atomic E-state index is 9.55. The van der Waals surface area contributed by atoms with Crippen molar-refractivity contribution in [3.8, 4) is 22.6 Å². The van der Waals surface area contributed by atoms with E-state index in [0.29, 0.717) is 11.5 Å². The number of aliphatic hydroxyl groups is 4. The van der Waals surface area contributed by atoms with Gasteiger partial charge in [0, 0.05) is 11.1 Å². The van der Waals surface area contributed by atoms with Crippen molar-refractivity contribution in [2.75, 3.05) is 26.4 Å². The average molecular weight is 358 g/mol. The van der Waals surface area contributed by atoms with Crippen LogP contribution in [0.5, 0.6) is 11.5 Å². The summed E-state index contributed by atoms with van der Waals surface area (Å²) in [6.45, 7) is -0.440. The molecule has 6 nitrogen and oxygen atoms in total. The van der Waals surface area contributed by atoms with Crippen LogP contribution in [-0.4, -0.2) is 59.1 Å². The zero-order valence-electron chi connectivity index (χ0n) is 14.2. The van der Waals surface area contributed by atoms with Gasteiger partial charge in [-0.25, -0.2) is 0 Å². The molecule has 2 aliphatic heterocycles. The van der Waals surface area contributed by atoms with Crippen LogP contribution in [0, 0.1) is 0 Å². The molecule has 138 valence electrons. The van der Waals surface area contributed by atoms with Gasteiger partial charge in [0.2, 0.25) is 0 Å². The normalized spacial score (nSPS) is 26.2. The molecule has 0 unspecified atom stereocenters. The number of benzene rings is 2. The third kappa shape index (κ3) is 2.66. The third-order valence-corrected chi connectivity index (χ3v) is 5.37. The molecule has 0 saturated heterocycles. The predicted molar refractivity (Wildman–Crippen MR) is 94.5 cm³/mol. The summed E-state index contributed by atoms with van der Waals surface area (Å²) in [5, 5.41) is 38.0. The first kappa shape index (κ1) is 17.3. The van der Waals surface area contributed by atoms with Crippen LogP contribution >= 0.6 is 0 Å². The molecule has 2 heterocycles. The zero-order chi connectivity index (χ0) is 18.3. The summed E-state index contributed by atoms with van der Waals surface area (Å²) < 4.78 is 11.6. The minimum Gasteiger partial charge on any atom is -0.487 e. The molecule has 0 amide bonds. The van der Waals surface area contributed by atoms with Gasteiger partial charge in [0.05, 0.1) is 38.3 Å². The molecule has 0 saturated carbocycles. The first-order valence-electron chi connectivity index (χ1n) is 8.75. The Bertz CT molecular complexity index is 737. The molecule has 0 bridgehead atoms. The summed E-state index contributed by atoms with van der Waals surface area (Å²) in [4.78, 5) is 0. The van der Waals surface area contributed by atoms with Gasteiger partial charge in [0.25, 0.3) is 0 Å². The van der Waals surface area contributed by atoms with E-state index in [2.05, 4.69) is 0 Å². The van der Waals surface area contributed by atoms with Crippen molar-refractivity contribution < 1.29 is 29.9 Å². The highest BCUT2D eigenvalue weighted by Crippen LogP contribution is 2.43. The number of ether oxygens (including phenoxy) is 2. The first-order valence-corrected chi connectivity index (χ1v) is 8.75. The lowest BCUT2D eigenvalue weighted by Gasteiger charge is -2.13. The van der Waals surface area contributed by atoms with Crippen LogP contribution in [0.25, 0.3) is 11.1 Å². The van der Waals surface area contributed by atoms with Gasteiger partial charge in [-0.3, -0.25) is 0 Å². The fourth-order valence-electron chi connectivity index (χ4n) is 3.90. The SMILES string of the molecule is OC[C@@H]1Oc2cc(-c3ccc4c(c3)O[C@@H](CO)[C@@H]4CO)ccc2[C@H]1CO. The molecule has 0 radical (unpaired) electrons. The van der Waals surface area contributed by atoms with Gasteiger partial charge >= 0.3 is 0 Å². The number of aliphatic hydroxyl groups excluding tert-OH is 4. The van der Waals surface area contributed by atoms with Crippen molar-refractivity contribution in [2.24, 2.45) is 0 Å². The first-order chi connectivity index (χ1) is 12.7. The van der Waals surface area contributed by atoms with Crippen molar-refractivity contribution in [3.05, 3.63) is 47.5 Å². The summed E-state index contributed by atoms with van der Waals surface area (Å²) in [6.07, 6.45) is -0.853. The van der Waals surface area contributed by atoms with Gasteiger partial charge in [-0.2, -0.15) is 0 Å². The minimum atomic E-state index is -0.427. The molecule has 2 aromatic carbocycles. The Hall–Kier alpha value is -2.12. The van der Waals surface area contributed by atoms with Gasteiger partial charge in [-0.15, -0.1) is 0 Å². The highest BCUT2D eigenvalue weighted by Gasteiger charge is 2.35. The molecule has 0 aromatic heterocycles. The highest BCUT2D eigenvalue weighted by molar-refractivity contribution is 5.69. The standard InChI is InChI=1S/C20H22O6/c21-7-15-13-3-1-11(5-17(13)25-19(15)9-23)12-2-4-14-16(8-22)20(10-24)26-18(14)6-12/h1-6,15-16,19-24H,7-10H2/t15-,16-,19+,20+/m1/s1. The number of rotatable bonds is 5. The fourth-order valence-corrected chi connectivity index (χ4v) is 3.90. The number of hydrogen-bond acceptors (Lipinski definition) is 6. The monoisotopic (exact) mass is 358 g/mol. The second-order valence-corrected chi connectivity index (χ2v) is 6.76. The summed E-state index contributed by atoms with van der Waals surface area (Å²) in [6, 6.07) is 11.5. The lowest BCUT2D eigenvalue weighted by molar-refractivity contribution is 0.0943. The van der Waals surface area contributed by atoms with E-state index in [1.165, 1.54) is 0 Å². The van der Waals surface area contributed by atoms with E-state index >= 15 is 0 Å². The van der Waals surface area contributed by atoms with Gasteiger partial charge in [0.15, 0.2) is 0 Å². The molecule has 4 rings (SSSR count). The van der Waals surface area contributed by atoms with Crippen LogP contribution in [0.3, 0.4) is 0 Å². The molecule has 0 aliphatic carbocycles. The van der Waals surface area contributed by atoms with Crippen LogP contribution < -0.4 is 9.47 Å². The van der Waals surface area contributed by atoms with E-state index in [1.54, 1.807) is 0 Å². The van der Waals surface area contributed by atoms with Crippen LogP contribution in [0.2, 0.25) is 0 Å². The van der Waals surface area contributed by atoms with Crippen LogP contribution in [-0.2, 0) is 0 Å². The molecule has 0 spiro atoms. The molecule has 6 heteroatoms. The quantitative estimate of drug-likeness (QED) is 0.637. The average Bonchev–Trinajstić information content (AvgIpc) is 3.23. The highest BCUT2D eigenvalue weighted by atomic mass is 16.5. The lowest BCUT2D eigenvalue weighted by Crippen LogP contribution is -2.25. The molecule has 0 fully saturated rings. The van der Waals surface area contributed by atoms with Gasteiger partial charge in [0.1, 0.15) is 23.7 Å². The predicted octanol–water partition coefficient (Wildman–Crippen LogP) is 1.01. The summed E-state index contributed by atoms with van der Waals surface area (Å²) in [7, 11) is 0. The Morgan fingerprint density at radius 2 is 1.04 bits per heavy atom. The van der Waals surface area contributed by atoms with Crippen molar-refractivity contribution in [3.63, 3.8) is 0 Å². The third-order valence-electron chi connectivity index (χ3n) is 5.37. The second-order valence-electron chi connectivity index (χ2n) is 6.76. The van der Waals surface area contributed by atoms with E-state index in [9.17, 15) is 20.4 Å². The molecule has 4 N–H and O–H groups in total. The largest absolute Gasteiger partial charge is 0.487 e. The Morgan fingerprint density at radius 1 is 0.615 bits per heavy atom. The van der Waals surface area contributed by atoms with Crippen LogP contribution in [0.15, 0.2) is 36.4 Å². The lowest BCUT2D eigenvalue weighted by atomic mass is 9.92. The number of fused-ring (bicyclic) bond motifs is 2. The van der Waals surface area contributed by atoms with E-state index in [4.69, 9.17) is 9.47 Å². The second kappa shape index (κ2) is 6.89. The Kier molecular flexibility index (Phi) is 4.58. The Morgan fingerprint density at radius 3 is 1.38 bits per heavy atom. The van der Waals surface area contributed by atoms with Crippen molar-refractivity contribution in [1.82, 2.24) is 0 Å². The molecular weight excluding hydrogens is 336 g/mol. The van der Waals surface area contributed by atoms with Crippen molar-refractivity contribution >= 4 is 0 Å².